The topological polar surface area (TPSA) is 32.7 Å². The van der Waals surface area contributed by atoms with Gasteiger partial charge >= 0.3 is 0 Å². The molecule has 2 rings (SSSR count). The molecule has 136 valence electrons. The van der Waals surface area contributed by atoms with E-state index in [0.29, 0.717) is 19.2 Å². The first-order valence-corrected chi connectivity index (χ1v) is 9.15. The maximum atomic E-state index is 10.5. The Bertz CT molecular complexity index is 642. The first-order valence-electron chi connectivity index (χ1n) is 9.15. The molecule has 0 heterocycles. The Labute approximate surface area is 152 Å². The monoisotopic (exact) mass is 341 g/mol. The molecular formula is C22H31NO2. The molecule has 0 aliphatic heterocycles. The Morgan fingerprint density at radius 3 is 2.48 bits per heavy atom. The van der Waals surface area contributed by atoms with Gasteiger partial charge in [-0.1, -0.05) is 48.9 Å². The summed E-state index contributed by atoms with van der Waals surface area (Å²) in [5, 5.41) is 10.5. The van der Waals surface area contributed by atoms with Crippen LogP contribution in [0.1, 0.15) is 37.0 Å². The Morgan fingerprint density at radius 2 is 1.80 bits per heavy atom. The third-order valence-electron chi connectivity index (χ3n) is 4.72. The van der Waals surface area contributed by atoms with Crippen molar-refractivity contribution in [2.45, 2.75) is 52.8 Å². The second kappa shape index (κ2) is 9.59. The second-order valence-electron chi connectivity index (χ2n) is 6.89. The molecule has 0 aliphatic carbocycles. The highest BCUT2D eigenvalue weighted by Gasteiger charge is 2.18. The van der Waals surface area contributed by atoms with Crippen LogP contribution in [-0.4, -0.2) is 35.3 Å². The van der Waals surface area contributed by atoms with Gasteiger partial charge in [-0.25, -0.2) is 0 Å². The van der Waals surface area contributed by atoms with Gasteiger partial charge in [-0.05, 0) is 50.5 Å². The summed E-state index contributed by atoms with van der Waals surface area (Å²) in [6.45, 7) is 10.4. The van der Waals surface area contributed by atoms with E-state index >= 15 is 0 Å². The highest BCUT2D eigenvalue weighted by atomic mass is 16.5. The number of aliphatic hydroxyl groups is 1. The molecular weight excluding hydrogens is 310 g/mol. The summed E-state index contributed by atoms with van der Waals surface area (Å²) >= 11 is 0. The van der Waals surface area contributed by atoms with E-state index < -0.39 is 6.10 Å². The van der Waals surface area contributed by atoms with Gasteiger partial charge in [0, 0.05) is 19.1 Å². The number of rotatable bonds is 9. The number of ether oxygens (including phenoxy) is 1. The summed E-state index contributed by atoms with van der Waals surface area (Å²) in [5.41, 5.74) is 3.91. The molecule has 0 saturated heterocycles. The quantitative estimate of drug-likeness (QED) is 0.736. The fourth-order valence-corrected chi connectivity index (χ4v) is 2.88. The first kappa shape index (κ1) is 19.5. The maximum absolute atomic E-state index is 10.5. The maximum Gasteiger partial charge on any atom is 0.119 e. The lowest BCUT2D eigenvalue weighted by Crippen LogP contribution is -2.40. The molecule has 2 aromatic rings. The van der Waals surface area contributed by atoms with Crippen molar-refractivity contribution < 1.29 is 9.84 Å². The number of nitrogens with zero attached hydrogens (tertiary/aromatic N) is 1. The van der Waals surface area contributed by atoms with Gasteiger partial charge in [0.25, 0.3) is 0 Å². The summed E-state index contributed by atoms with van der Waals surface area (Å²) in [7, 11) is 0. The molecule has 2 atom stereocenters. The molecule has 3 nitrogen and oxygen atoms in total. The van der Waals surface area contributed by atoms with E-state index in [1.54, 1.807) is 0 Å². The number of aliphatic hydroxyl groups excluding tert-OH is 1. The van der Waals surface area contributed by atoms with Crippen LogP contribution in [-0.2, 0) is 6.54 Å². The highest BCUT2D eigenvalue weighted by Crippen LogP contribution is 2.17. The van der Waals surface area contributed by atoms with Crippen LogP contribution in [0.25, 0.3) is 0 Å². The second-order valence-corrected chi connectivity index (χ2v) is 6.89. The van der Waals surface area contributed by atoms with Crippen LogP contribution in [0.15, 0.2) is 48.5 Å². The van der Waals surface area contributed by atoms with Crippen LogP contribution in [0.4, 0.5) is 0 Å². The molecule has 0 bridgehead atoms. The van der Waals surface area contributed by atoms with Gasteiger partial charge in [0.05, 0.1) is 0 Å². The average Bonchev–Trinajstić information content (AvgIpc) is 2.62. The van der Waals surface area contributed by atoms with Crippen molar-refractivity contribution >= 4 is 0 Å². The molecule has 3 heteroatoms. The highest BCUT2D eigenvalue weighted by molar-refractivity contribution is 5.30. The number of para-hydroxylation sites is 1. The van der Waals surface area contributed by atoms with Gasteiger partial charge in [-0.3, -0.25) is 4.90 Å². The van der Waals surface area contributed by atoms with Gasteiger partial charge in [0.2, 0.25) is 0 Å². The lowest BCUT2D eigenvalue weighted by molar-refractivity contribution is 0.0505. The SMILES string of the molecule is CC[C@H](C)N(Cc1cc(C)ccc1C)C[C@H](O)COc1ccccc1. The number of benzene rings is 2. The minimum absolute atomic E-state index is 0.309. The molecule has 1 N–H and O–H groups in total. The van der Waals surface area contributed by atoms with E-state index in [0.717, 1.165) is 18.7 Å². The van der Waals surface area contributed by atoms with Gasteiger partial charge in [0.15, 0.2) is 0 Å². The van der Waals surface area contributed by atoms with E-state index in [2.05, 4.69) is 50.8 Å². The molecule has 0 amide bonds. The Kier molecular flexibility index (Phi) is 7.48. The molecule has 0 aliphatic rings. The van der Waals surface area contributed by atoms with E-state index in [9.17, 15) is 5.11 Å². The zero-order valence-electron chi connectivity index (χ0n) is 15.9. The summed E-state index contributed by atoms with van der Waals surface area (Å²) in [5.74, 6) is 0.797. The third kappa shape index (κ3) is 6.18. The van der Waals surface area contributed by atoms with Crippen LogP contribution in [0.3, 0.4) is 0 Å². The van der Waals surface area contributed by atoms with Crippen LogP contribution in [0.5, 0.6) is 5.75 Å². The van der Waals surface area contributed by atoms with Crippen LogP contribution >= 0.6 is 0 Å². The molecule has 0 saturated carbocycles. The Morgan fingerprint density at radius 1 is 1.08 bits per heavy atom. The fraction of sp³-hybridized carbons (Fsp3) is 0.455. The van der Waals surface area contributed by atoms with Crippen LogP contribution in [0, 0.1) is 13.8 Å². The molecule has 0 radical (unpaired) electrons. The molecule has 0 spiro atoms. The smallest absolute Gasteiger partial charge is 0.119 e. The van der Waals surface area contributed by atoms with Gasteiger partial charge in [0.1, 0.15) is 18.5 Å². The lowest BCUT2D eigenvalue weighted by atomic mass is 10.0. The van der Waals surface area contributed by atoms with Crippen molar-refractivity contribution in [3.05, 3.63) is 65.2 Å². The largest absolute Gasteiger partial charge is 0.491 e. The molecule has 0 unspecified atom stereocenters. The van der Waals surface area contributed by atoms with Crippen molar-refractivity contribution in [3.63, 3.8) is 0 Å². The lowest BCUT2D eigenvalue weighted by Gasteiger charge is -2.31. The zero-order valence-corrected chi connectivity index (χ0v) is 15.9. The average molecular weight is 341 g/mol. The zero-order chi connectivity index (χ0) is 18.2. The normalized spacial score (nSPS) is 13.7. The number of hydrogen-bond donors (Lipinski definition) is 1. The van der Waals surface area contributed by atoms with E-state index in [4.69, 9.17) is 4.74 Å². The molecule has 2 aromatic carbocycles. The standard InChI is InChI=1S/C22H31NO2/c1-5-19(4)23(14-20-13-17(2)11-12-18(20)3)15-21(24)16-25-22-9-7-6-8-10-22/h6-13,19,21,24H,5,14-16H2,1-4H3/t19-,21-/m0/s1. The molecule has 0 fully saturated rings. The van der Waals surface area contributed by atoms with Gasteiger partial charge in [-0.15, -0.1) is 0 Å². The Hall–Kier alpha value is -1.84. The van der Waals surface area contributed by atoms with Crippen molar-refractivity contribution in [2.24, 2.45) is 0 Å². The van der Waals surface area contributed by atoms with Crippen molar-refractivity contribution in [1.29, 1.82) is 0 Å². The summed E-state index contributed by atoms with van der Waals surface area (Å²) in [6, 6.07) is 16.6. The number of aryl methyl sites for hydroxylation is 2. The molecule has 25 heavy (non-hydrogen) atoms. The van der Waals surface area contributed by atoms with Crippen LogP contribution in [0.2, 0.25) is 0 Å². The van der Waals surface area contributed by atoms with E-state index in [-0.39, 0.29) is 0 Å². The van der Waals surface area contributed by atoms with Crippen LogP contribution < -0.4 is 4.74 Å². The minimum Gasteiger partial charge on any atom is -0.491 e. The fourth-order valence-electron chi connectivity index (χ4n) is 2.88. The van der Waals surface area contributed by atoms with Crippen molar-refractivity contribution in [1.82, 2.24) is 4.90 Å². The Balaban J connectivity index is 1.98. The van der Waals surface area contributed by atoms with Gasteiger partial charge < -0.3 is 9.84 Å². The minimum atomic E-state index is -0.515. The summed E-state index contributed by atoms with van der Waals surface area (Å²) in [6.07, 6.45) is 0.538. The summed E-state index contributed by atoms with van der Waals surface area (Å²) < 4.78 is 5.70. The van der Waals surface area contributed by atoms with E-state index in [1.807, 2.05) is 30.3 Å². The van der Waals surface area contributed by atoms with E-state index in [1.165, 1.54) is 16.7 Å². The third-order valence-corrected chi connectivity index (χ3v) is 4.72. The van der Waals surface area contributed by atoms with Gasteiger partial charge in [-0.2, -0.15) is 0 Å². The summed E-state index contributed by atoms with van der Waals surface area (Å²) in [4.78, 5) is 2.35. The van der Waals surface area contributed by atoms with Crippen molar-refractivity contribution in [2.75, 3.05) is 13.2 Å². The molecule has 0 aromatic heterocycles. The van der Waals surface area contributed by atoms with Crippen molar-refractivity contribution in [3.8, 4) is 5.75 Å². The predicted octanol–water partition coefficient (Wildman–Crippen LogP) is 4.34. The predicted molar refractivity (Wildman–Crippen MR) is 104 cm³/mol. The first-order chi connectivity index (χ1) is 12.0. The number of hydrogen-bond acceptors (Lipinski definition) is 3.